The number of nitrogens with one attached hydrogen (secondary N) is 1. The van der Waals surface area contributed by atoms with E-state index in [2.05, 4.69) is 17.4 Å². The van der Waals surface area contributed by atoms with E-state index in [9.17, 15) is 9.59 Å². The van der Waals surface area contributed by atoms with E-state index in [-0.39, 0.29) is 17.9 Å². The smallest absolute Gasteiger partial charge is 0.355 e. The number of hydrogen-bond donors (Lipinski definition) is 1. The fraction of sp³-hybridized carbons (Fsp3) is 0.455. The molecule has 1 heterocycles. The summed E-state index contributed by atoms with van der Waals surface area (Å²) in [6, 6.07) is 10.3. The molecule has 27 heavy (non-hydrogen) atoms. The Balaban J connectivity index is 2.14. The van der Waals surface area contributed by atoms with E-state index in [1.54, 1.807) is 6.92 Å². The van der Waals surface area contributed by atoms with Gasteiger partial charge in [0.1, 0.15) is 5.69 Å². The van der Waals surface area contributed by atoms with E-state index in [0.717, 1.165) is 18.5 Å². The van der Waals surface area contributed by atoms with Crippen molar-refractivity contribution < 1.29 is 14.3 Å². The molecule has 1 aromatic carbocycles. The van der Waals surface area contributed by atoms with Crippen molar-refractivity contribution in [2.24, 2.45) is 0 Å². The van der Waals surface area contributed by atoms with Gasteiger partial charge in [-0.3, -0.25) is 4.79 Å². The number of esters is 1. The van der Waals surface area contributed by atoms with Crippen LogP contribution in [0.2, 0.25) is 0 Å². The molecule has 1 unspecified atom stereocenters. The minimum atomic E-state index is -0.379. The molecule has 1 atom stereocenters. The van der Waals surface area contributed by atoms with Gasteiger partial charge in [0.2, 0.25) is 0 Å². The van der Waals surface area contributed by atoms with Crippen LogP contribution in [-0.2, 0) is 17.7 Å². The molecule has 0 bridgehead atoms. The topological polar surface area (TPSA) is 60.3 Å². The molecule has 2 aromatic rings. The van der Waals surface area contributed by atoms with Crippen LogP contribution >= 0.6 is 0 Å². The third-order valence-corrected chi connectivity index (χ3v) is 4.87. The fourth-order valence-electron chi connectivity index (χ4n) is 3.48. The first-order valence-corrected chi connectivity index (χ1v) is 9.62. The van der Waals surface area contributed by atoms with Crippen molar-refractivity contribution in [3.05, 3.63) is 58.4 Å². The minimum absolute atomic E-state index is 0.0347. The van der Waals surface area contributed by atoms with Crippen molar-refractivity contribution >= 4 is 11.9 Å². The maximum atomic E-state index is 12.9. The number of ether oxygens (including phenoxy) is 1. The van der Waals surface area contributed by atoms with Crippen molar-refractivity contribution in [1.82, 2.24) is 9.88 Å². The van der Waals surface area contributed by atoms with E-state index in [1.165, 1.54) is 5.56 Å². The Labute approximate surface area is 161 Å². The van der Waals surface area contributed by atoms with Gasteiger partial charge in [0, 0.05) is 18.3 Å². The first-order valence-electron chi connectivity index (χ1n) is 9.62. The van der Waals surface area contributed by atoms with Gasteiger partial charge in [-0.25, -0.2) is 4.79 Å². The summed E-state index contributed by atoms with van der Waals surface area (Å²) < 4.78 is 7.03. The highest BCUT2D eigenvalue weighted by molar-refractivity contribution is 6.01. The summed E-state index contributed by atoms with van der Waals surface area (Å²) in [6.07, 6.45) is 1.76. The zero-order valence-corrected chi connectivity index (χ0v) is 17.0. The van der Waals surface area contributed by atoms with E-state index >= 15 is 0 Å². The maximum Gasteiger partial charge on any atom is 0.355 e. The van der Waals surface area contributed by atoms with Crippen LogP contribution < -0.4 is 5.32 Å². The summed E-state index contributed by atoms with van der Waals surface area (Å²) in [5.41, 5.74) is 3.78. The van der Waals surface area contributed by atoms with Gasteiger partial charge in [0.15, 0.2) is 0 Å². The van der Waals surface area contributed by atoms with Crippen molar-refractivity contribution in [1.29, 1.82) is 0 Å². The molecular weight excluding hydrogens is 340 g/mol. The number of rotatable bonds is 8. The lowest BCUT2D eigenvalue weighted by Gasteiger charge is -2.14. The maximum absolute atomic E-state index is 12.9. The molecule has 0 aliphatic heterocycles. The summed E-state index contributed by atoms with van der Waals surface area (Å²) in [4.78, 5) is 25.2. The highest BCUT2D eigenvalue weighted by Crippen LogP contribution is 2.23. The predicted octanol–water partition coefficient (Wildman–Crippen LogP) is 4.05. The molecule has 2 rings (SSSR count). The molecule has 146 valence electrons. The molecule has 0 saturated heterocycles. The van der Waals surface area contributed by atoms with Crippen LogP contribution in [0.15, 0.2) is 30.3 Å². The lowest BCUT2D eigenvalue weighted by Crippen LogP contribution is -2.33. The number of aryl methyl sites for hydroxylation is 1. The van der Waals surface area contributed by atoms with Gasteiger partial charge in [-0.1, -0.05) is 30.3 Å². The second-order valence-electron chi connectivity index (χ2n) is 6.80. The van der Waals surface area contributed by atoms with Crippen LogP contribution in [0.5, 0.6) is 0 Å². The zero-order chi connectivity index (χ0) is 20.0. The predicted molar refractivity (Wildman–Crippen MR) is 107 cm³/mol. The number of nitrogens with zero attached hydrogens (tertiary/aromatic N) is 1. The van der Waals surface area contributed by atoms with Gasteiger partial charge in [-0.15, -0.1) is 0 Å². The summed E-state index contributed by atoms with van der Waals surface area (Å²) in [7, 11) is 0. The van der Waals surface area contributed by atoms with Gasteiger partial charge in [0.25, 0.3) is 5.91 Å². The number of hydrogen-bond acceptors (Lipinski definition) is 3. The average Bonchev–Trinajstić information content (AvgIpc) is 2.90. The SMILES string of the molecule is CCOC(=O)c1c(C)c(C(=O)NC(C)CCc2ccccc2)c(C)n1CC. The van der Waals surface area contributed by atoms with E-state index in [1.807, 2.05) is 50.5 Å². The van der Waals surface area contributed by atoms with Crippen LogP contribution in [0.25, 0.3) is 0 Å². The third-order valence-electron chi connectivity index (χ3n) is 4.87. The van der Waals surface area contributed by atoms with Crippen LogP contribution in [0, 0.1) is 13.8 Å². The van der Waals surface area contributed by atoms with Gasteiger partial charge in [-0.2, -0.15) is 0 Å². The molecule has 5 heteroatoms. The largest absolute Gasteiger partial charge is 0.461 e. The molecule has 0 radical (unpaired) electrons. The second-order valence-corrected chi connectivity index (χ2v) is 6.80. The monoisotopic (exact) mass is 370 g/mol. The number of carbonyl (C=O) groups is 2. The second kappa shape index (κ2) is 9.40. The Morgan fingerprint density at radius 2 is 1.81 bits per heavy atom. The Morgan fingerprint density at radius 3 is 2.41 bits per heavy atom. The molecular formula is C22H30N2O3. The highest BCUT2D eigenvalue weighted by atomic mass is 16.5. The Morgan fingerprint density at radius 1 is 1.15 bits per heavy atom. The van der Waals surface area contributed by atoms with Crippen molar-refractivity contribution in [2.45, 2.75) is 60.0 Å². The van der Waals surface area contributed by atoms with E-state index in [0.29, 0.717) is 30.0 Å². The lowest BCUT2D eigenvalue weighted by atomic mass is 10.0. The van der Waals surface area contributed by atoms with E-state index < -0.39 is 0 Å². The summed E-state index contributed by atoms with van der Waals surface area (Å²) >= 11 is 0. The quantitative estimate of drug-likeness (QED) is 0.713. The first kappa shape index (κ1) is 20.7. The highest BCUT2D eigenvalue weighted by Gasteiger charge is 2.27. The fourth-order valence-corrected chi connectivity index (χ4v) is 3.48. The normalized spacial score (nSPS) is 11.9. The van der Waals surface area contributed by atoms with Crippen LogP contribution in [0.3, 0.4) is 0 Å². The van der Waals surface area contributed by atoms with Crippen molar-refractivity contribution in [3.8, 4) is 0 Å². The average molecular weight is 370 g/mol. The number of carbonyl (C=O) groups excluding carboxylic acids is 2. The third kappa shape index (κ3) is 4.79. The summed E-state index contributed by atoms with van der Waals surface area (Å²) in [5, 5.41) is 3.08. The van der Waals surface area contributed by atoms with Gasteiger partial charge < -0.3 is 14.6 Å². The zero-order valence-electron chi connectivity index (χ0n) is 17.0. The Bertz CT molecular complexity index is 794. The molecule has 0 aliphatic rings. The van der Waals surface area contributed by atoms with Crippen LogP contribution in [-0.4, -0.2) is 29.1 Å². The van der Waals surface area contributed by atoms with Crippen LogP contribution in [0.1, 0.15) is 64.9 Å². The molecule has 1 aromatic heterocycles. The van der Waals surface area contributed by atoms with Gasteiger partial charge in [0.05, 0.1) is 12.2 Å². The van der Waals surface area contributed by atoms with Gasteiger partial charge in [-0.05, 0) is 58.6 Å². The van der Waals surface area contributed by atoms with E-state index in [4.69, 9.17) is 4.74 Å². The molecule has 0 spiro atoms. The van der Waals surface area contributed by atoms with Crippen molar-refractivity contribution in [3.63, 3.8) is 0 Å². The first-order chi connectivity index (χ1) is 12.9. The Hall–Kier alpha value is -2.56. The molecule has 0 saturated carbocycles. The summed E-state index contributed by atoms with van der Waals surface area (Å²) in [5.74, 6) is -0.514. The van der Waals surface area contributed by atoms with Crippen LogP contribution in [0.4, 0.5) is 0 Å². The molecule has 0 fully saturated rings. The molecule has 1 amide bonds. The molecule has 0 aliphatic carbocycles. The molecule has 5 nitrogen and oxygen atoms in total. The lowest BCUT2D eigenvalue weighted by molar-refractivity contribution is 0.0512. The molecule has 1 N–H and O–H groups in total. The van der Waals surface area contributed by atoms with Crippen molar-refractivity contribution in [2.75, 3.05) is 6.61 Å². The number of amides is 1. The van der Waals surface area contributed by atoms with Gasteiger partial charge >= 0.3 is 5.97 Å². The summed E-state index contributed by atoms with van der Waals surface area (Å²) in [6.45, 7) is 10.4. The number of aromatic nitrogens is 1. The minimum Gasteiger partial charge on any atom is -0.461 e. The number of benzene rings is 1. The standard InChI is InChI=1S/C22H30N2O3/c1-6-24-17(5)19(16(4)20(24)22(26)27-7-2)21(25)23-15(3)13-14-18-11-9-8-10-12-18/h8-12,15H,6-7,13-14H2,1-5H3,(H,23,25). The Kier molecular flexibility index (Phi) is 7.22.